The molecule has 108 valence electrons. The minimum Gasteiger partial charge on any atom is -0.308 e. The second-order valence-electron chi connectivity index (χ2n) is 4.63. The van der Waals surface area contributed by atoms with Gasteiger partial charge in [0.2, 0.25) is 10.0 Å². The largest absolute Gasteiger partial charge is 0.308 e. The van der Waals surface area contributed by atoms with Crippen molar-refractivity contribution in [3.63, 3.8) is 0 Å². The summed E-state index contributed by atoms with van der Waals surface area (Å²) in [4.78, 5) is 1.97. The normalized spacial score (nSPS) is 12.3. The smallest absolute Gasteiger partial charge is 0.215 e. The third kappa shape index (κ3) is 5.91. The molecule has 4 nitrogen and oxygen atoms in total. The zero-order valence-corrected chi connectivity index (χ0v) is 13.0. The third-order valence-corrected chi connectivity index (χ3v) is 4.96. The van der Waals surface area contributed by atoms with Crippen LogP contribution in [0, 0.1) is 0 Å². The lowest BCUT2D eigenvalue weighted by molar-refractivity contribution is 0.329. The number of hydrogen-bond donors (Lipinski definition) is 0. The van der Waals surface area contributed by atoms with Crippen molar-refractivity contribution in [3.8, 4) is 0 Å². The minimum absolute atomic E-state index is 0.0190. The predicted molar refractivity (Wildman–Crippen MR) is 79.9 cm³/mol. The van der Waals surface area contributed by atoms with Gasteiger partial charge in [-0.3, -0.25) is 0 Å². The molecule has 0 saturated carbocycles. The van der Waals surface area contributed by atoms with E-state index in [4.69, 9.17) is 11.6 Å². The maximum absolute atomic E-state index is 12.2. The van der Waals surface area contributed by atoms with Crippen LogP contribution in [0.1, 0.15) is 5.56 Å². The summed E-state index contributed by atoms with van der Waals surface area (Å²) >= 11 is 5.58. The maximum atomic E-state index is 12.2. The molecule has 0 bridgehead atoms. The first-order valence-corrected chi connectivity index (χ1v) is 8.32. The molecule has 0 radical (unpaired) electrons. The molecular weight excluding hydrogens is 284 g/mol. The van der Waals surface area contributed by atoms with Crippen LogP contribution in [0.15, 0.2) is 30.3 Å². The molecule has 0 aliphatic heterocycles. The molecule has 0 fully saturated rings. The van der Waals surface area contributed by atoms with Gasteiger partial charge in [0.25, 0.3) is 0 Å². The Morgan fingerprint density at radius 3 is 2.26 bits per heavy atom. The first kappa shape index (κ1) is 16.4. The highest BCUT2D eigenvalue weighted by atomic mass is 35.5. The monoisotopic (exact) mass is 304 g/mol. The molecule has 0 N–H and O–H groups in total. The number of benzene rings is 1. The van der Waals surface area contributed by atoms with Crippen LogP contribution in [0.25, 0.3) is 0 Å². The van der Waals surface area contributed by atoms with E-state index in [2.05, 4.69) is 0 Å². The zero-order chi connectivity index (χ0) is 14.3. The maximum Gasteiger partial charge on any atom is 0.215 e. The third-order valence-electron chi connectivity index (χ3n) is 2.73. The van der Waals surface area contributed by atoms with Gasteiger partial charge in [0.1, 0.15) is 0 Å². The Balaban J connectivity index is 2.80. The fourth-order valence-corrected chi connectivity index (χ4v) is 3.39. The van der Waals surface area contributed by atoms with Gasteiger partial charge in [-0.05, 0) is 19.7 Å². The lowest BCUT2D eigenvalue weighted by Crippen LogP contribution is -2.37. The molecule has 1 aromatic rings. The molecule has 1 aromatic carbocycles. The molecule has 0 aliphatic carbocycles. The molecular formula is C13H21ClN2O2S. The molecule has 1 rings (SSSR count). The molecule has 0 saturated heterocycles. The van der Waals surface area contributed by atoms with E-state index in [-0.39, 0.29) is 11.6 Å². The Hall–Kier alpha value is -0.620. The van der Waals surface area contributed by atoms with E-state index in [0.717, 1.165) is 5.56 Å². The van der Waals surface area contributed by atoms with Crippen LogP contribution in [0.4, 0.5) is 0 Å². The van der Waals surface area contributed by atoms with Crippen LogP contribution in [0.2, 0.25) is 0 Å². The Labute approximate surface area is 121 Å². The molecule has 0 spiro atoms. The number of halogens is 1. The zero-order valence-electron chi connectivity index (χ0n) is 11.4. The number of nitrogens with zero attached hydrogens (tertiary/aromatic N) is 2. The second-order valence-corrected chi connectivity index (χ2v) is 7.09. The summed E-state index contributed by atoms with van der Waals surface area (Å²) < 4.78 is 25.8. The van der Waals surface area contributed by atoms with Crippen molar-refractivity contribution < 1.29 is 8.42 Å². The Morgan fingerprint density at radius 1 is 1.11 bits per heavy atom. The summed E-state index contributed by atoms with van der Waals surface area (Å²) in [7, 11) is 0.559. The number of likely N-dealkylation sites (N-methyl/N-ethyl adjacent to an activating group) is 1. The van der Waals surface area contributed by atoms with Crippen molar-refractivity contribution in [3.05, 3.63) is 35.9 Å². The van der Waals surface area contributed by atoms with Gasteiger partial charge in [-0.25, -0.2) is 8.42 Å². The SMILES string of the molecule is CN(C)CCN(Cc1ccccc1)S(=O)(=O)CCCl. The van der Waals surface area contributed by atoms with Crippen molar-refractivity contribution in [1.82, 2.24) is 9.21 Å². The van der Waals surface area contributed by atoms with Crippen LogP contribution in [-0.2, 0) is 16.6 Å². The van der Waals surface area contributed by atoms with Crippen molar-refractivity contribution in [1.29, 1.82) is 0 Å². The van der Waals surface area contributed by atoms with Gasteiger partial charge in [-0.2, -0.15) is 4.31 Å². The molecule has 0 aliphatic rings. The molecule has 19 heavy (non-hydrogen) atoms. The summed E-state index contributed by atoms with van der Waals surface area (Å²) in [5.41, 5.74) is 0.986. The van der Waals surface area contributed by atoms with Crippen molar-refractivity contribution in [2.75, 3.05) is 38.8 Å². The fourth-order valence-electron chi connectivity index (χ4n) is 1.64. The summed E-state index contributed by atoms with van der Waals surface area (Å²) in [6.07, 6.45) is 0. The van der Waals surface area contributed by atoms with Gasteiger partial charge in [0.15, 0.2) is 0 Å². The molecule has 0 unspecified atom stereocenters. The number of sulfonamides is 1. The van der Waals surface area contributed by atoms with Crippen LogP contribution < -0.4 is 0 Å². The van der Waals surface area contributed by atoms with Gasteiger partial charge < -0.3 is 4.90 Å². The highest BCUT2D eigenvalue weighted by Gasteiger charge is 2.21. The quantitative estimate of drug-likeness (QED) is 0.685. The minimum atomic E-state index is -3.29. The van der Waals surface area contributed by atoms with E-state index in [1.807, 2.05) is 49.3 Å². The van der Waals surface area contributed by atoms with Crippen molar-refractivity contribution in [2.24, 2.45) is 0 Å². The van der Waals surface area contributed by atoms with Crippen LogP contribution >= 0.6 is 11.6 Å². The van der Waals surface area contributed by atoms with Crippen molar-refractivity contribution in [2.45, 2.75) is 6.54 Å². The summed E-state index contributed by atoms with van der Waals surface area (Å²) in [5, 5.41) is 0. The standard InChI is InChI=1S/C13H21ClN2O2S/c1-15(2)9-10-16(19(17,18)11-8-14)12-13-6-4-3-5-7-13/h3-7H,8-12H2,1-2H3. The van der Waals surface area contributed by atoms with Crippen LogP contribution in [-0.4, -0.2) is 56.4 Å². The van der Waals surface area contributed by atoms with Gasteiger partial charge in [0, 0.05) is 25.5 Å². The number of hydrogen-bond acceptors (Lipinski definition) is 3. The lowest BCUT2D eigenvalue weighted by atomic mass is 10.2. The predicted octanol–water partition coefficient (Wildman–Crippen LogP) is 1.62. The molecule has 0 aromatic heterocycles. The first-order valence-electron chi connectivity index (χ1n) is 6.18. The number of alkyl halides is 1. The average Bonchev–Trinajstić information content (AvgIpc) is 2.35. The summed E-state index contributed by atoms with van der Waals surface area (Å²) in [6, 6.07) is 9.60. The Bertz CT molecular complexity index is 463. The van der Waals surface area contributed by atoms with Crippen molar-refractivity contribution >= 4 is 21.6 Å². The van der Waals surface area contributed by atoms with E-state index >= 15 is 0 Å². The van der Waals surface area contributed by atoms with Gasteiger partial charge in [0.05, 0.1) is 5.75 Å². The Kier molecular flexibility index (Phi) is 6.79. The van der Waals surface area contributed by atoms with Gasteiger partial charge >= 0.3 is 0 Å². The molecule has 0 atom stereocenters. The second kappa shape index (κ2) is 7.85. The van der Waals surface area contributed by atoms with E-state index in [1.165, 1.54) is 4.31 Å². The van der Waals surface area contributed by atoms with Gasteiger partial charge in [-0.15, -0.1) is 11.6 Å². The molecule has 0 amide bonds. The van der Waals surface area contributed by atoms with Crippen LogP contribution in [0.5, 0.6) is 0 Å². The molecule has 6 heteroatoms. The van der Waals surface area contributed by atoms with E-state index in [0.29, 0.717) is 19.6 Å². The topological polar surface area (TPSA) is 40.6 Å². The molecule has 0 heterocycles. The van der Waals surface area contributed by atoms with Gasteiger partial charge in [-0.1, -0.05) is 30.3 Å². The fraction of sp³-hybridized carbons (Fsp3) is 0.538. The van der Waals surface area contributed by atoms with E-state index in [9.17, 15) is 8.42 Å². The number of rotatable bonds is 8. The lowest BCUT2D eigenvalue weighted by Gasteiger charge is -2.23. The summed E-state index contributed by atoms with van der Waals surface area (Å²) in [6.45, 7) is 1.56. The Morgan fingerprint density at radius 2 is 1.74 bits per heavy atom. The van der Waals surface area contributed by atoms with Crippen LogP contribution in [0.3, 0.4) is 0 Å². The average molecular weight is 305 g/mol. The highest BCUT2D eigenvalue weighted by molar-refractivity contribution is 7.89. The highest BCUT2D eigenvalue weighted by Crippen LogP contribution is 2.10. The summed E-state index contributed by atoms with van der Waals surface area (Å²) in [5.74, 6) is 0.102. The van der Waals surface area contributed by atoms with E-state index in [1.54, 1.807) is 0 Å². The van der Waals surface area contributed by atoms with E-state index < -0.39 is 10.0 Å². The first-order chi connectivity index (χ1) is 8.95.